The predicted molar refractivity (Wildman–Crippen MR) is 125 cm³/mol. The van der Waals surface area contributed by atoms with Crippen LogP contribution in [0, 0.1) is 5.82 Å². The summed E-state index contributed by atoms with van der Waals surface area (Å²) in [6.45, 7) is 0. The first-order valence-corrected chi connectivity index (χ1v) is 11.2. The summed E-state index contributed by atoms with van der Waals surface area (Å²) in [6.07, 6.45) is 5.23. The van der Waals surface area contributed by atoms with E-state index >= 15 is 0 Å². The summed E-state index contributed by atoms with van der Waals surface area (Å²) >= 11 is 0. The largest absolute Gasteiger partial charge is 0.493 e. The minimum Gasteiger partial charge on any atom is -0.493 e. The molecule has 1 aliphatic carbocycles. The summed E-state index contributed by atoms with van der Waals surface area (Å²) in [6, 6.07) is 12.6. The molecule has 1 aromatic heterocycles. The second-order valence-electron chi connectivity index (χ2n) is 8.14. The highest BCUT2D eigenvalue weighted by Crippen LogP contribution is 2.35. The molecule has 2 amide bonds. The van der Waals surface area contributed by atoms with Gasteiger partial charge in [-0.3, -0.25) is 14.5 Å². The van der Waals surface area contributed by atoms with Gasteiger partial charge in [0.05, 0.1) is 20.5 Å². The number of furan rings is 1. The number of hydrogen-bond acceptors (Lipinski definition) is 5. The van der Waals surface area contributed by atoms with Gasteiger partial charge in [-0.2, -0.15) is 0 Å². The Bertz CT molecular complexity index is 1120. The number of carbonyl (C=O) groups is 2. The molecular formula is C26H27FN2O5. The molecule has 3 aromatic rings. The van der Waals surface area contributed by atoms with Crippen molar-refractivity contribution in [2.45, 2.75) is 37.8 Å². The normalized spacial score (nSPS) is 14.4. The van der Waals surface area contributed by atoms with Crippen molar-refractivity contribution >= 4 is 17.5 Å². The molecule has 0 saturated heterocycles. The van der Waals surface area contributed by atoms with Gasteiger partial charge in [0, 0.05) is 11.7 Å². The Hall–Kier alpha value is -3.81. The summed E-state index contributed by atoms with van der Waals surface area (Å²) in [7, 11) is 3.02. The van der Waals surface area contributed by atoms with E-state index in [4.69, 9.17) is 13.9 Å². The molecule has 0 radical (unpaired) electrons. The lowest BCUT2D eigenvalue weighted by molar-refractivity contribution is -0.123. The van der Waals surface area contributed by atoms with Crippen molar-refractivity contribution in [2.24, 2.45) is 0 Å². The monoisotopic (exact) mass is 466 g/mol. The first-order chi connectivity index (χ1) is 16.5. The van der Waals surface area contributed by atoms with Crippen molar-refractivity contribution in [2.75, 3.05) is 19.1 Å². The first kappa shape index (κ1) is 23.4. The number of nitrogens with zero attached hydrogens (tertiary/aromatic N) is 1. The van der Waals surface area contributed by atoms with Gasteiger partial charge in [-0.1, -0.05) is 18.9 Å². The Labute approximate surface area is 197 Å². The van der Waals surface area contributed by atoms with Crippen LogP contribution in [0.25, 0.3) is 0 Å². The van der Waals surface area contributed by atoms with E-state index in [0.29, 0.717) is 22.7 Å². The van der Waals surface area contributed by atoms with E-state index in [0.717, 1.165) is 25.7 Å². The minimum atomic E-state index is -1.07. The fourth-order valence-corrected chi connectivity index (χ4v) is 4.30. The van der Waals surface area contributed by atoms with E-state index in [1.807, 2.05) is 0 Å². The van der Waals surface area contributed by atoms with E-state index in [9.17, 15) is 14.0 Å². The van der Waals surface area contributed by atoms with Crippen molar-refractivity contribution in [3.8, 4) is 11.5 Å². The molecular weight excluding hydrogens is 439 g/mol. The van der Waals surface area contributed by atoms with Crippen LogP contribution in [-0.2, 0) is 4.79 Å². The lowest BCUT2D eigenvalue weighted by Gasteiger charge is -2.32. The fraction of sp³-hybridized carbons (Fsp3) is 0.308. The first-order valence-electron chi connectivity index (χ1n) is 11.2. The SMILES string of the molecule is COc1ccc(C(C(=O)NC2CCCC2)N(C(=O)c2ccco2)c2ccc(F)cc2)cc1OC. The van der Waals surface area contributed by atoms with Crippen LogP contribution in [0.2, 0.25) is 0 Å². The molecule has 7 nitrogen and oxygen atoms in total. The molecule has 1 heterocycles. The van der Waals surface area contributed by atoms with Crippen LogP contribution in [0.3, 0.4) is 0 Å². The van der Waals surface area contributed by atoms with Gasteiger partial charge < -0.3 is 19.2 Å². The van der Waals surface area contributed by atoms with Crippen molar-refractivity contribution in [1.29, 1.82) is 0 Å². The molecule has 0 aliphatic heterocycles. The van der Waals surface area contributed by atoms with Gasteiger partial charge in [-0.05, 0) is 66.9 Å². The van der Waals surface area contributed by atoms with Gasteiger partial charge in [0.2, 0.25) is 5.91 Å². The maximum absolute atomic E-state index is 13.7. The summed E-state index contributed by atoms with van der Waals surface area (Å²) in [5.41, 5.74) is 0.863. The number of benzene rings is 2. The lowest BCUT2D eigenvalue weighted by atomic mass is 10.0. The van der Waals surface area contributed by atoms with Crippen molar-refractivity contribution < 1.29 is 27.9 Å². The molecule has 178 valence electrons. The number of ether oxygens (including phenoxy) is 2. The smallest absolute Gasteiger partial charge is 0.294 e. The molecule has 1 aliphatic rings. The third kappa shape index (κ3) is 4.90. The van der Waals surface area contributed by atoms with E-state index in [1.54, 1.807) is 24.3 Å². The van der Waals surface area contributed by atoms with Gasteiger partial charge in [0.25, 0.3) is 5.91 Å². The Kier molecular flexibility index (Phi) is 7.15. The van der Waals surface area contributed by atoms with Crippen LogP contribution in [0.4, 0.5) is 10.1 Å². The van der Waals surface area contributed by atoms with Gasteiger partial charge >= 0.3 is 0 Å². The van der Waals surface area contributed by atoms with E-state index < -0.39 is 17.8 Å². The number of anilines is 1. The maximum atomic E-state index is 13.7. The number of hydrogen-bond donors (Lipinski definition) is 1. The Balaban J connectivity index is 1.84. The standard InChI is InChI=1S/C26H27FN2O5/c1-32-21-14-9-17(16-23(21)33-2)24(25(30)28-19-6-3-4-7-19)29(20-12-10-18(27)11-13-20)26(31)22-8-5-15-34-22/h5,8-16,19,24H,3-4,6-7H2,1-2H3,(H,28,30). The molecule has 1 N–H and O–H groups in total. The molecule has 8 heteroatoms. The number of nitrogens with one attached hydrogen (secondary N) is 1. The number of carbonyl (C=O) groups excluding carboxylic acids is 2. The summed E-state index contributed by atoms with van der Waals surface area (Å²) in [4.78, 5) is 28.7. The van der Waals surface area contributed by atoms with Crippen molar-refractivity contribution in [1.82, 2.24) is 5.32 Å². The van der Waals surface area contributed by atoms with E-state index in [2.05, 4.69) is 5.32 Å². The van der Waals surface area contributed by atoms with Crippen LogP contribution >= 0.6 is 0 Å². The van der Waals surface area contributed by atoms with Gasteiger partial charge in [-0.25, -0.2) is 4.39 Å². The molecule has 0 spiro atoms. The van der Waals surface area contributed by atoms with Crippen LogP contribution in [0.5, 0.6) is 11.5 Å². The Morgan fingerprint density at radius 3 is 2.35 bits per heavy atom. The van der Waals surface area contributed by atoms with Gasteiger partial charge in [-0.15, -0.1) is 0 Å². The van der Waals surface area contributed by atoms with E-state index in [1.165, 1.54) is 55.7 Å². The molecule has 1 fully saturated rings. The number of amides is 2. The van der Waals surface area contributed by atoms with Crippen LogP contribution in [-0.4, -0.2) is 32.1 Å². The zero-order chi connectivity index (χ0) is 24.1. The Morgan fingerprint density at radius 2 is 1.74 bits per heavy atom. The van der Waals surface area contributed by atoms with Crippen LogP contribution in [0.15, 0.2) is 65.3 Å². The Morgan fingerprint density at radius 1 is 1.03 bits per heavy atom. The second-order valence-corrected chi connectivity index (χ2v) is 8.14. The van der Waals surface area contributed by atoms with Crippen molar-refractivity contribution in [3.05, 3.63) is 78.0 Å². The zero-order valence-electron chi connectivity index (χ0n) is 19.1. The molecule has 0 bridgehead atoms. The molecule has 34 heavy (non-hydrogen) atoms. The summed E-state index contributed by atoms with van der Waals surface area (Å²) in [5.74, 6) is -0.355. The third-order valence-corrected chi connectivity index (χ3v) is 5.99. The highest BCUT2D eigenvalue weighted by molar-refractivity contribution is 6.08. The van der Waals surface area contributed by atoms with Crippen molar-refractivity contribution in [3.63, 3.8) is 0 Å². The topological polar surface area (TPSA) is 81.0 Å². The molecule has 1 saturated carbocycles. The quantitative estimate of drug-likeness (QED) is 0.512. The molecule has 1 atom stereocenters. The number of methoxy groups -OCH3 is 2. The van der Waals surface area contributed by atoms with Gasteiger partial charge in [0.15, 0.2) is 17.3 Å². The van der Waals surface area contributed by atoms with E-state index in [-0.39, 0.29) is 17.7 Å². The maximum Gasteiger partial charge on any atom is 0.294 e. The zero-order valence-corrected chi connectivity index (χ0v) is 19.1. The molecule has 2 aromatic carbocycles. The second kappa shape index (κ2) is 10.4. The van der Waals surface area contributed by atoms with Crippen LogP contribution < -0.4 is 19.7 Å². The minimum absolute atomic E-state index is 0.0314. The average Bonchev–Trinajstić information content (AvgIpc) is 3.57. The highest BCUT2D eigenvalue weighted by Gasteiger charge is 2.36. The summed E-state index contributed by atoms with van der Waals surface area (Å²) < 4.78 is 29.9. The molecule has 4 rings (SSSR count). The lowest BCUT2D eigenvalue weighted by Crippen LogP contribution is -2.46. The number of rotatable bonds is 8. The number of halogens is 1. The average molecular weight is 467 g/mol. The highest BCUT2D eigenvalue weighted by atomic mass is 19.1. The predicted octanol–water partition coefficient (Wildman–Crippen LogP) is 4.88. The van der Waals surface area contributed by atoms with Crippen LogP contribution in [0.1, 0.15) is 47.8 Å². The fourth-order valence-electron chi connectivity index (χ4n) is 4.30. The third-order valence-electron chi connectivity index (χ3n) is 5.99. The van der Waals surface area contributed by atoms with Gasteiger partial charge in [0.1, 0.15) is 11.9 Å². The molecule has 1 unspecified atom stereocenters. The summed E-state index contributed by atoms with van der Waals surface area (Å²) in [5, 5.41) is 3.10.